The number of benzene rings is 1. The molecule has 2 fully saturated rings. The van der Waals surface area contributed by atoms with Gasteiger partial charge in [0.25, 0.3) is 0 Å². The summed E-state index contributed by atoms with van der Waals surface area (Å²) >= 11 is 0. The van der Waals surface area contributed by atoms with E-state index in [9.17, 15) is 10.2 Å². The summed E-state index contributed by atoms with van der Waals surface area (Å²) in [7, 11) is 3.96. The van der Waals surface area contributed by atoms with E-state index in [1.54, 1.807) is 6.20 Å². The molecule has 2 N–H and O–H groups in total. The van der Waals surface area contributed by atoms with Crippen LogP contribution in [0.4, 0.5) is 0 Å². The normalized spacial score (nSPS) is 41.6. The number of aliphatic hydroxyl groups is 2. The molecule has 37 heavy (non-hydrogen) atoms. The maximum Gasteiger partial charge on any atom is 0.105 e. The number of hydrogen-bond donors (Lipinski definition) is 2. The molecule has 2 spiro atoms. The smallest absolute Gasteiger partial charge is 0.105 e. The summed E-state index contributed by atoms with van der Waals surface area (Å²) in [5, 5.41) is 31.8. The van der Waals surface area contributed by atoms with E-state index >= 15 is 0 Å². The van der Waals surface area contributed by atoms with Crippen LogP contribution in [-0.2, 0) is 4.74 Å². The summed E-state index contributed by atoms with van der Waals surface area (Å²) in [5.74, 6) is 0.279. The zero-order chi connectivity index (χ0) is 26.0. The van der Waals surface area contributed by atoms with Gasteiger partial charge in [-0.2, -0.15) is 10.2 Å². The van der Waals surface area contributed by atoms with Crippen molar-refractivity contribution >= 4 is 16.5 Å². The third kappa shape index (κ3) is 2.85. The monoisotopic (exact) mass is 499 g/mol. The fraction of sp³-hybridized carbons (Fsp3) is 0.548. The van der Waals surface area contributed by atoms with E-state index in [0.29, 0.717) is 6.42 Å². The van der Waals surface area contributed by atoms with Crippen molar-refractivity contribution in [3.63, 3.8) is 0 Å². The average Bonchev–Trinajstić information content (AvgIpc) is 3.40. The standard InChI is InChI=1S/C31H37N3O3/c1-28(2)16-20-15-22-26(35)27(36)24(34(4)5)17-30(22)11-12-31(20,37-30)25-9-8-21(29(25,28)3)19-7-6-18-10-13-32-33-23(18)14-19/h6-8,10,13-16,24-27,35-36H,9,11-12,17H2,1-5H3/t24-,25?,26+,27+,29+,30+,31+/m0/s1. The lowest BCUT2D eigenvalue weighted by molar-refractivity contribution is -0.170. The van der Waals surface area contributed by atoms with Gasteiger partial charge in [-0.25, -0.2) is 0 Å². The molecule has 1 aromatic heterocycles. The molecular formula is C31H37N3O3. The molecule has 7 rings (SSSR count). The second-order valence-corrected chi connectivity index (χ2v) is 13.0. The first-order valence-electron chi connectivity index (χ1n) is 13.6. The Labute approximate surface area is 218 Å². The molecule has 1 unspecified atom stereocenters. The number of aliphatic hydroxyl groups excluding tert-OH is 2. The fourth-order valence-electron chi connectivity index (χ4n) is 8.66. The Balaban J connectivity index is 1.36. The molecule has 2 aliphatic heterocycles. The summed E-state index contributed by atoms with van der Waals surface area (Å²) in [4.78, 5) is 2.03. The van der Waals surface area contributed by atoms with E-state index in [4.69, 9.17) is 4.74 Å². The van der Waals surface area contributed by atoms with Crippen molar-refractivity contribution in [1.82, 2.24) is 15.1 Å². The minimum absolute atomic E-state index is 0.142. The molecule has 1 saturated heterocycles. The van der Waals surface area contributed by atoms with Crippen LogP contribution in [0.15, 0.2) is 59.8 Å². The van der Waals surface area contributed by atoms with Crippen LogP contribution < -0.4 is 0 Å². The highest BCUT2D eigenvalue weighted by atomic mass is 16.5. The van der Waals surface area contributed by atoms with Gasteiger partial charge in [0.15, 0.2) is 0 Å². The van der Waals surface area contributed by atoms with Gasteiger partial charge in [0.1, 0.15) is 6.10 Å². The number of ether oxygens (including phenoxy) is 1. The van der Waals surface area contributed by atoms with Gasteiger partial charge in [-0.3, -0.25) is 0 Å². The Hall–Kier alpha value is -2.38. The quantitative estimate of drug-likeness (QED) is 0.642. The highest BCUT2D eigenvalue weighted by Gasteiger charge is 2.70. The van der Waals surface area contributed by atoms with Crippen LogP contribution in [-0.4, -0.2) is 68.9 Å². The highest BCUT2D eigenvalue weighted by molar-refractivity contribution is 5.85. The molecule has 1 aromatic carbocycles. The molecule has 1 saturated carbocycles. The topological polar surface area (TPSA) is 78.7 Å². The van der Waals surface area contributed by atoms with Gasteiger partial charge >= 0.3 is 0 Å². The fourth-order valence-corrected chi connectivity index (χ4v) is 8.66. The van der Waals surface area contributed by atoms with Crippen LogP contribution in [0, 0.1) is 16.7 Å². The Bertz CT molecular complexity index is 1410. The van der Waals surface area contributed by atoms with E-state index in [2.05, 4.69) is 67.4 Å². The zero-order valence-electron chi connectivity index (χ0n) is 22.4. The first-order valence-corrected chi connectivity index (χ1v) is 13.6. The number of nitrogens with zero attached hydrogens (tertiary/aromatic N) is 3. The average molecular weight is 500 g/mol. The van der Waals surface area contributed by atoms with Crippen molar-refractivity contribution in [3.8, 4) is 0 Å². The lowest BCUT2D eigenvalue weighted by atomic mass is 9.49. The van der Waals surface area contributed by atoms with E-state index < -0.39 is 17.8 Å². The third-order valence-corrected chi connectivity index (χ3v) is 10.9. The van der Waals surface area contributed by atoms with Gasteiger partial charge in [0, 0.05) is 22.8 Å². The van der Waals surface area contributed by atoms with Crippen molar-refractivity contribution in [1.29, 1.82) is 0 Å². The van der Waals surface area contributed by atoms with Gasteiger partial charge in [-0.15, -0.1) is 0 Å². The second-order valence-electron chi connectivity index (χ2n) is 13.0. The minimum atomic E-state index is -0.912. The minimum Gasteiger partial charge on any atom is -0.388 e. The van der Waals surface area contributed by atoms with Crippen LogP contribution in [0.5, 0.6) is 0 Å². The predicted octanol–water partition coefficient (Wildman–Crippen LogP) is 4.29. The van der Waals surface area contributed by atoms with E-state index in [1.807, 2.05) is 25.1 Å². The molecule has 2 bridgehead atoms. The van der Waals surface area contributed by atoms with Crippen LogP contribution >= 0.6 is 0 Å². The Kier molecular flexibility index (Phi) is 4.73. The molecule has 5 aliphatic rings. The summed E-state index contributed by atoms with van der Waals surface area (Å²) in [6, 6.07) is 8.43. The summed E-state index contributed by atoms with van der Waals surface area (Å²) in [5.41, 5.74) is 4.36. The third-order valence-electron chi connectivity index (χ3n) is 10.9. The van der Waals surface area contributed by atoms with Crippen LogP contribution in [0.3, 0.4) is 0 Å². The van der Waals surface area contributed by atoms with Crippen LogP contribution in [0.2, 0.25) is 0 Å². The Morgan fingerprint density at radius 3 is 2.68 bits per heavy atom. The first kappa shape index (κ1) is 23.7. The maximum absolute atomic E-state index is 11.3. The number of allylic oxidation sites excluding steroid dienone is 3. The van der Waals surface area contributed by atoms with Gasteiger partial charge in [-0.05, 0) is 79.6 Å². The molecule has 2 aromatic rings. The number of aromatic nitrogens is 2. The maximum atomic E-state index is 11.3. The van der Waals surface area contributed by atoms with Crippen LogP contribution in [0.25, 0.3) is 16.5 Å². The second kappa shape index (κ2) is 7.38. The van der Waals surface area contributed by atoms with Crippen molar-refractivity contribution in [2.75, 3.05) is 14.1 Å². The largest absolute Gasteiger partial charge is 0.388 e. The molecule has 0 amide bonds. The van der Waals surface area contributed by atoms with Crippen molar-refractivity contribution in [2.45, 2.75) is 75.9 Å². The van der Waals surface area contributed by atoms with E-state index in [0.717, 1.165) is 35.7 Å². The van der Waals surface area contributed by atoms with Gasteiger partial charge in [-0.1, -0.05) is 51.1 Å². The highest BCUT2D eigenvalue weighted by Crippen LogP contribution is 2.71. The van der Waals surface area contributed by atoms with Crippen LogP contribution in [0.1, 0.15) is 52.0 Å². The molecule has 0 radical (unpaired) electrons. The summed E-state index contributed by atoms with van der Waals surface area (Å²) in [6.45, 7) is 7.10. The summed E-state index contributed by atoms with van der Waals surface area (Å²) in [6.07, 6.45) is 10.5. The van der Waals surface area contributed by atoms with Crippen molar-refractivity contribution in [2.24, 2.45) is 16.7 Å². The van der Waals surface area contributed by atoms with Crippen molar-refractivity contribution in [3.05, 3.63) is 65.4 Å². The molecule has 3 aliphatic carbocycles. The number of likely N-dealkylation sites (N-methyl/N-ethyl adjacent to an activating group) is 1. The molecule has 194 valence electrons. The number of rotatable bonds is 2. The lowest BCUT2D eigenvalue weighted by Crippen LogP contribution is -2.63. The first-order chi connectivity index (χ1) is 17.5. The van der Waals surface area contributed by atoms with Gasteiger partial charge < -0.3 is 19.8 Å². The number of fused-ring (bicyclic) bond motifs is 2. The summed E-state index contributed by atoms with van der Waals surface area (Å²) < 4.78 is 7.32. The van der Waals surface area contributed by atoms with Gasteiger partial charge in [0.05, 0.1) is 29.0 Å². The SMILES string of the molecule is CN(C)[C@H]1C[C@@]23CC[C@@]4(O2)C(=CC(C)(C)[C@]2(C)C(c5ccc6ccnnc6c5)=CCC42)C=C3[C@@H](O)[C@@H]1O. The van der Waals surface area contributed by atoms with E-state index in [1.165, 1.54) is 16.7 Å². The van der Waals surface area contributed by atoms with Gasteiger partial charge in [0.2, 0.25) is 0 Å². The molecule has 3 heterocycles. The Morgan fingerprint density at radius 1 is 1.08 bits per heavy atom. The molecular weight excluding hydrogens is 462 g/mol. The number of hydrogen-bond acceptors (Lipinski definition) is 6. The molecule has 7 atom stereocenters. The lowest BCUT2D eigenvalue weighted by Gasteiger charge is -2.60. The molecule has 6 nitrogen and oxygen atoms in total. The predicted molar refractivity (Wildman–Crippen MR) is 144 cm³/mol. The Morgan fingerprint density at radius 2 is 1.89 bits per heavy atom. The van der Waals surface area contributed by atoms with E-state index in [-0.39, 0.29) is 28.4 Å². The zero-order valence-corrected chi connectivity index (χ0v) is 22.4. The molecule has 6 heteroatoms. The van der Waals surface area contributed by atoms with Crippen molar-refractivity contribution < 1.29 is 14.9 Å².